The Balaban J connectivity index is 1.68. The normalized spacial score (nSPS) is 21.9. The number of benzene rings is 1. The predicted molar refractivity (Wildman–Crippen MR) is 112 cm³/mol. The number of anilines is 1. The molecule has 1 saturated carbocycles. The first-order valence-electron chi connectivity index (χ1n) is 10.1. The number of aryl methyl sites for hydroxylation is 2. The zero-order valence-corrected chi connectivity index (χ0v) is 17.2. The Kier molecular flexibility index (Phi) is 4.17. The third-order valence-electron chi connectivity index (χ3n) is 5.89. The Morgan fingerprint density at radius 3 is 2.87 bits per heavy atom. The van der Waals surface area contributed by atoms with Crippen LogP contribution in [0, 0.1) is 24.2 Å². The van der Waals surface area contributed by atoms with Crippen LogP contribution < -0.4 is 15.2 Å². The van der Waals surface area contributed by atoms with Crippen molar-refractivity contribution in [2.45, 2.75) is 38.9 Å². The summed E-state index contributed by atoms with van der Waals surface area (Å²) >= 11 is 0. The molecule has 7 nitrogen and oxygen atoms in total. The summed E-state index contributed by atoms with van der Waals surface area (Å²) in [6.45, 7) is 4.03. The van der Waals surface area contributed by atoms with Crippen LogP contribution in [0.4, 0.5) is 5.82 Å². The molecule has 2 unspecified atom stereocenters. The number of nitrogens with zero attached hydrogens (tertiary/aromatic N) is 4. The minimum absolute atomic E-state index is 0.131. The summed E-state index contributed by atoms with van der Waals surface area (Å²) in [5.41, 5.74) is 11.2. The molecule has 7 heteroatoms. The van der Waals surface area contributed by atoms with Crippen LogP contribution in [0.3, 0.4) is 0 Å². The van der Waals surface area contributed by atoms with Crippen molar-refractivity contribution in [2.75, 3.05) is 5.73 Å². The van der Waals surface area contributed by atoms with Crippen LogP contribution in [-0.2, 0) is 13.5 Å². The minimum atomic E-state index is -0.277. The summed E-state index contributed by atoms with van der Waals surface area (Å²) in [7, 11) is 1.79. The lowest BCUT2D eigenvalue weighted by molar-refractivity contribution is 0.213. The van der Waals surface area contributed by atoms with Gasteiger partial charge in [0, 0.05) is 35.9 Å². The first-order valence-corrected chi connectivity index (χ1v) is 10.1. The van der Waals surface area contributed by atoms with E-state index in [1.807, 2.05) is 25.1 Å². The Morgan fingerprint density at radius 1 is 1.23 bits per heavy atom. The SMILES string of the molecule is Cc1ccc2c(c1)[C@@H](C)Oc1cc(cnc1N)-c1c(nn(C)c1C#N)CC1CC1O2. The van der Waals surface area contributed by atoms with Crippen LogP contribution in [0.25, 0.3) is 11.1 Å². The Hall–Kier alpha value is -3.53. The molecule has 0 saturated heterocycles. The van der Waals surface area contributed by atoms with Gasteiger partial charge < -0.3 is 15.2 Å². The molecule has 1 aliphatic heterocycles. The molecule has 30 heavy (non-hydrogen) atoms. The van der Waals surface area contributed by atoms with Gasteiger partial charge in [0.2, 0.25) is 0 Å². The van der Waals surface area contributed by atoms with Crippen molar-refractivity contribution in [3.8, 4) is 28.7 Å². The van der Waals surface area contributed by atoms with E-state index in [9.17, 15) is 5.26 Å². The molecule has 0 amide bonds. The van der Waals surface area contributed by atoms with Gasteiger partial charge in [0.1, 0.15) is 29.7 Å². The van der Waals surface area contributed by atoms with E-state index < -0.39 is 0 Å². The maximum absolute atomic E-state index is 9.73. The second-order valence-corrected chi connectivity index (χ2v) is 8.17. The van der Waals surface area contributed by atoms with Crippen LogP contribution in [-0.4, -0.2) is 20.9 Å². The van der Waals surface area contributed by atoms with Gasteiger partial charge in [-0.3, -0.25) is 4.68 Å². The predicted octanol–water partition coefficient (Wildman–Crippen LogP) is 3.71. The maximum atomic E-state index is 9.73. The van der Waals surface area contributed by atoms with Gasteiger partial charge in [-0.15, -0.1) is 0 Å². The molecule has 2 aromatic heterocycles. The molecule has 1 aromatic carbocycles. The minimum Gasteiger partial charge on any atom is -0.490 e. The molecule has 3 heterocycles. The molecular weight excluding hydrogens is 378 g/mol. The number of rotatable bonds is 0. The van der Waals surface area contributed by atoms with Gasteiger partial charge in [0.15, 0.2) is 11.6 Å². The number of nitrogens with two attached hydrogens (primary N) is 1. The van der Waals surface area contributed by atoms with E-state index in [2.05, 4.69) is 29.1 Å². The first-order chi connectivity index (χ1) is 14.4. The highest BCUT2D eigenvalue weighted by atomic mass is 16.5. The van der Waals surface area contributed by atoms with Gasteiger partial charge in [-0.05, 0) is 44.9 Å². The topological polar surface area (TPSA) is 99.0 Å². The quantitative estimate of drug-likeness (QED) is 0.616. The summed E-state index contributed by atoms with van der Waals surface area (Å²) in [6.07, 6.45) is 3.25. The van der Waals surface area contributed by atoms with Gasteiger partial charge in [-0.25, -0.2) is 4.98 Å². The van der Waals surface area contributed by atoms with Crippen LogP contribution >= 0.6 is 0 Å². The fourth-order valence-electron chi connectivity index (χ4n) is 4.18. The van der Waals surface area contributed by atoms with Gasteiger partial charge in [-0.2, -0.15) is 10.4 Å². The Labute approximate surface area is 175 Å². The first kappa shape index (κ1) is 18.5. The fourth-order valence-corrected chi connectivity index (χ4v) is 4.18. The summed E-state index contributed by atoms with van der Waals surface area (Å²) < 4.78 is 14.2. The average molecular weight is 401 g/mol. The zero-order valence-electron chi connectivity index (χ0n) is 17.2. The second-order valence-electron chi connectivity index (χ2n) is 8.17. The van der Waals surface area contributed by atoms with Crippen molar-refractivity contribution < 1.29 is 9.47 Å². The number of fused-ring (bicyclic) bond motifs is 6. The highest BCUT2D eigenvalue weighted by Gasteiger charge is 2.41. The van der Waals surface area contributed by atoms with Crippen molar-refractivity contribution in [2.24, 2.45) is 13.0 Å². The van der Waals surface area contributed by atoms with E-state index in [-0.39, 0.29) is 12.2 Å². The summed E-state index contributed by atoms with van der Waals surface area (Å²) in [5.74, 6) is 1.98. The second kappa shape index (κ2) is 6.77. The van der Waals surface area contributed by atoms with Gasteiger partial charge >= 0.3 is 0 Å². The maximum Gasteiger partial charge on any atom is 0.166 e. The molecule has 152 valence electrons. The van der Waals surface area contributed by atoms with Crippen LogP contribution in [0.2, 0.25) is 0 Å². The largest absolute Gasteiger partial charge is 0.490 e. The Bertz CT molecular complexity index is 1190. The van der Waals surface area contributed by atoms with Crippen molar-refractivity contribution in [1.29, 1.82) is 5.26 Å². The van der Waals surface area contributed by atoms with Crippen molar-refractivity contribution >= 4 is 5.82 Å². The lowest BCUT2D eigenvalue weighted by atomic mass is 10.0. The van der Waals surface area contributed by atoms with E-state index in [1.165, 1.54) is 0 Å². The number of nitrogen functional groups attached to an aromatic ring is 1. The van der Waals surface area contributed by atoms with Gasteiger partial charge in [-0.1, -0.05) is 11.6 Å². The highest BCUT2D eigenvalue weighted by Crippen LogP contribution is 2.43. The third kappa shape index (κ3) is 3.05. The number of pyridine rings is 1. The number of hydrogen-bond acceptors (Lipinski definition) is 6. The molecule has 2 bridgehead atoms. The highest BCUT2D eigenvalue weighted by molar-refractivity contribution is 5.74. The van der Waals surface area contributed by atoms with E-state index in [4.69, 9.17) is 15.2 Å². The molecular formula is C23H23N5O2. The van der Waals surface area contributed by atoms with Crippen LogP contribution in [0.15, 0.2) is 30.5 Å². The smallest absolute Gasteiger partial charge is 0.166 e. The molecule has 1 aliphatic carbocycles. The summed E-state index contributed by atoms with van der Waals surface area (Å²) in [6, 6.07) is 10.3. The molecule has 1 fully saturated rings. The number of ether oxygens (including phenoxy) is 2. The van der Waals surface area contributed by atoms with Crippen LogP contribution in [0.5, 0.6) is 11.5 Å². The molecule has 3 atom stereocenters. The van der Waals surface area contributed by atoms with Gasteiger partial charge in [0.05, 0.1) is 5.69 Å². The summed E-state index contributed by atoms with van der Waals surface area (Å²) in [4.78, 5) is 4.35. The fraction of sp³-hybridized carbons (Fsp3) is 0.348. The monoisotopic (exact) mass is 401 g/mol. The summed E-state index contributed by atoms with van der Waals surface area (Å²) in [5, 5.41) is 14.4. The van der Waals surface area contributed by atoms with Crippen molar-refractivity contribution in [3.05, 3.63) is 53.0 Å². The third-order valence-corrected chi connectivity index (χ3v) is 5.89. The molecule has 2 N–H and O–H groups in total. The number of nitriles is 1. The molecule has 0 radical (unpaired) electrons. The van der Waals surface area contributed by atoms with E-state index in [0.717, 1.165) is 46.5 Å². The van der Waals surface area contributed by atoms with Gasteiger partial charge in [0.25, 0.3) is 0 Å². The number of hydrogen-bond donors (Lipinski definition) is 1. The van der Waals surface area contributed by atoms with Crippen LogP contribution in [0.1, 0.15) is 42.0 Å². The van der Waals surface area contributed by atoms with E-state index in [1.54, 1.807) is 17.9 Å². The lowest BCUT2D eigenvalue weighted by Gasteiger charge is -2.20. The molecule has 0 spiro atoms. The standard InChI is InChI=1S/C23H23N5O2/c1-12-4-5-19-16(6-12)13(2)29-21-9-15(11-26-23(21)25)22-17(7-14-8-20(14)30-19)27-28(3)18(22)10-24/h4-6,9,11,13-14,20H,7-8H2,1-3H3,(H2,25,26)/t13-,14?,20?/m1/s1. The molecule has 3 aromatic rings. The lowest BCUT2D eigenvalue weighted by Crippen LogP contribution is -2.10. The Morgan fingerprint density at radius 2 is 2.07 bits per heavy atom. The van der Waals surface area contributed by atoms with E-state index in [0.29, 0.717) is 23.2 Å². The average Bonchev–Trinajstić information content (AvgIpc) is 3.36. The van der Waals surface area contributed by atoms with Crippen molar-refractivity contribution in [1.82, 2.24) is 14.8 Å². The van der Waals surface area contributed by atoms with Crippen molar-refractivity contribution in [3.63, 3.8) is 0 Å². The number of aromatic nitrogens is 3. The molecule has 2 aliphatic rings. The molecule has 5 rings (SSSR count). The van der Waals surface area contributed by atoms with E-state index >= 15 is 0 Å². The zero-order chi connectivity index (χ0) is 21.0.